The van der Waals surface area contributed by atoms with Crippen molar-refractivity contribution in [2.45, 2.75) is 101 Å². The molecule has 2 amide bonds. The lowest BCUT2D eigenvalue weighted by molar-refractivity contribution is -0.132. The number of alkyl carbamates (subject to hydrolysis) is 1. The molecule has 2 heterocycles. The number of methoxy groups -OCH3 is 1. The lowest BCUT2D eigenvalue weighted by Gasteiger charge is -2.47. The minimum Gasteiger partial charge on any atom is -0.445 e. The number of amides is 2. The monoisotopic (exact) mass is 575 g/mol. The molecule has 3 aliphatic rings. The number of benzene rings is 1. The van der Waals surface area contributed by atoms with Crippen molar-refractivity contribution in [2.24, 2.45) is 11.8 Å². The number of carbonyl (C=O) groups excluding carboxylic acids is 2. The van der Waals surface area contributed by atoms with Crippen molar-refractivity contribution in [3.63, 3.8) is 0 Å². The van der Waals surface area contributed by atoms with E-state index in [1.165, 1.54) is 25.7 Å². The fourth-order valence-electron chi connectivity index (χ4n) is 6.55. The van der Waals surface area contributed by atoms with E-state index in [0.29, 0.717) is 31.4 Å². The number of hydrogen-bond donors (Lipinski definition) is 3. The van der Waals surface area contributed by atoms with Crippen molar-refractivity contribution in [2.75, 3.05) is 32.6 Å². The van der Waals surface area contributed by atoms with Gasteiger partial charge in [0, 0.05) is 25.7 Å². The van der Waals surface area contributed by atoms with Crippen LogP contribution in [0.25, 0.3) is 0 Å². The fraction of sp³-hybridized carbons (Fsp3) is 0.742. The number of nitrogens with zero attached hydrogens (tertiary/aromatic N) is 1. The number of aliphatic hydroxyl groups is 1. The van der Waals surface area contributed by atoms with Gasteiger partial charge in [0.25, 0.3) is 0 Å². The standard InChI is InChI=1S/C31H49N3O5S/c1-31(2,3)33-29(36)25-17-22-12-8-9-13-23(22)18-34(25)19-26(35)24(16-21-10-6-5-7-11-21)32-30(37)39-27-14-15-40-28(27)20-38-4/h5-7,10-11,22-28,35H,8-9,12-20H2,1-4H3,(H,32,37)(H,33,36)/t22-,23+,24-,25-,26+,27-,28-/m0/s1. The highest BCUT2D eigenvalue weighted by Gasteiger charge is 2.42. The number of piperidine rings is 1. The topological polar surface area (TPSA) is 100 Å². The van der Waals surface area contributed by atoms with E-state index >= 15 is 0 Å². The lowest BCUT2D eigenvalue weighted by Crippen LogP contribution is -2.60. The van der Waals surface area contributed by atoms with Crippen LogP contribution in [0.4, 0.5) is 4.79 Å². The van der Waals surface area contributed by atoms with Crippen molar-refractivity contribution in [3.05, 3.63) is 35.9 Å². The molecule has 1 aliphatic carbocycles. The minimum absolute atomic E-state index is 0.0265. The number of nitrogens with one attached hydrogen (secondary N) is 2. The van der Waals surface area contributed by atoms with Crippen LogP contribution in [0, 0.1) is 11.8 Å². The van der Waals surface area contributed by atoms with Gasteiger partial charge in [-0.25, -0.2) is 4.79 Å². The van der Waals surface area contributed by atoms with Crippen molar-refractivity contribution in [1.29, 1.82) is 0 Å². The Morgan fingerprint density at radius 1 is 1.12 bits per heavy atom. The molecule has 0 radical (unpaired) electrons. The highest BCUT2D eigenvalue weighted by atomic mass is 32.2. The highest BCUT2D eigenvalue weighted by Crippen LogP contribution is 2.39. The quantitative estimate of drug-likeness (QED) is 0.388. The van der Waals surface area contributed by atoms with Crippen LogP contribution in [0.5, 0.6) is 0 Å². The first kappa shape index (κ1) is 31.1. The number of rotatable bonds is 10. The number of likely N-dealkylation sites (tertiary alicyclic amines) is 1. The van der Waals surface area contributed by atoms with Crippen molar-refractivity contribution >= 4 is 23.8 Å². The molecule has 0 unspecified atom stereocenters. The van der Waals surface area contributed by atoms with Crippen LogP contribution in [0.3, 0.4) is 0 Å². The normalized spacial score (nSPS) is 28.8. The zero-order chi connectivity index (χ0) is 28.7. The minimum atomic E-state index is -0.870. The first-order valence-electron chi connectivity index (χ1n) is 15.0. The third-order valence-corrected chi connectivity index (χ3v) is 9.87. The second-order valence-corrected chi connectivity index (χ2v) is 14.2. The average molecular weight is 576 g/mol. The molecule has 0 aromatic heterocycles. The second-order valence-electron chi connectivity index (χ2n) is 12.9. The number of fused-ring (bicyclic) bond motifs is 1. The maximum atomic E-state index is 13.5. The van der Waals surface area contributed by atoms with E-state index in [0.717, 1.165) is 30.7 Å². The Bertz CT molecular complexity index is 958. The van der Waals surface area contributed by atoms with Gasteiger partial charge in [-0.3, -0.25) is 9.69 Å². The van der Waals surface area contributed by atoms with Crippen LogP contribution < -0.4 is 10.6 Å². The van der Waals surface area contributed by atoms with E-state index in [-0.39, 0.29) is 28.8 Å². The molecule has 9 heteroatoms. The first-order chi connectivity index (χ1) is 19.1. The molecular formula is C31H49N3O5S. The largest absolute Gasteiger partial charge is 0.445 e. The molecular weight excluding hydrogens is 526 g/mol. The smallest absolute Gasteiger partial charge is 0.407 e. The molecule has 8 nitrogen and oxygen atoms in total. The Kier molecular flexibility index (Phi) is 11.2. The molecule has 224 valence electrons. The van der Waals surface area contributed by atoms with Crippen LogP contribution in [-0.2, 0) is 20.7 Å². The van der Waals surface area contributed by atoms with E-state index < -0.39 is 18.2 Å². The molecule has 2 saturated heterocycles. The van der Waals surface area contributed by atoms with Gasteiger partial charge in [-0.1, -0.05) is 49.6 Å². The number of hydrogen-bond acceptors (Lipinski definition) is 7. The van der Waals surface area contributed by atoms with Gasteiger partial charge in [0.2, 0.25) is 5.91 Å². The van der Waals surface area contributed by atoms with Gasteiger partial charge < -0.3 is 25.2 Å². The molecule has 1 aromatic carbocycles. The predicted molar refractivity (Wildman–Crippen MR) is 159 cm³/mol. The van der Waals surface area contributed by atoms with Crippen molar-refractivity contribution in [1.82, 2.24) is 15.5 Å². The molecule has 2 aliphatic heterocycles. The first-order valence-corrected chi connectivity index (χ1v) is 16.0. The summed E-state index contributed by atoms with van der Waals surface area (Å²) < 4.78 is 11.1. The maximum Gasteiger partial charge on any atom is 0.407 e. The van der Waals surface area contributed by atoms with Crippen LogP contribution >= 0.6 is 11.8 Å². The number of ether oxygens (including phenoxy) is 2. The molecule has 1 saturated carbocycles. The zero-order valence-corrected chi connectivity index (χ0v) is 25.5. The third-order valence-electron chi connectivity index (χ3n) is 8.53. The van der Waals surface area contributed by atoms with Gasteiger partial charge >= 0.3 is 6.09 Å². The summed E-state index contributed by atoms with van der Waals surface area (Å²) in [6.45, 7) is 7.65. The molecule has 7 atom stereocenters. The Morgan fingerprint density at radius 3 is 2.55 bits per heavy atom. The number of thioether (sulfide) groups is 1. The summed E-state index contributed by atoms with van der Waals surface area (Å²) in [6, 6.07) is 9.04. The van der Waals surface area contributed by atoms with E-state index in [4.69, 9.17) is 9.47 Å². The summed E-state index contributed by atoms with van der Waals surface area (Å²) in [5.74, 6) is 2.05. The van der Waals surface area contributed by atoms with Gasteiger partial charge in [-0.2, -0.15) is 11.8 Å². The summed E-state index contributed by atoms with van der Waals surface area (Å²) in [6.07, 6.45) is 5.28. The zero-order valence-electron chi connectivity index (χ0n) is 24.6. The highest BCUT2D eigenvalue weighted by molar-refractivity contribution is 8.00. The predicted octanol–water partition coefficient (Wildman–Crippen LogP) is 4.00. The summed E-state index contributed by atoms with van der Waals surface area (Å²) in [7, 11) is 1.66. The van der Waals surface area contributed by atoms with Crippen LogP contribution in [-0.4, -0.2) is 89.6 Å². The average Bonchev–Trinajstić information content (AvgIpc) is 3.34. The van der Waals surface area contributed by atoms with Crippen molar-refractivity contribution < 1.29 is 24.2 Å². The Hall–Kier alpha value is -1.81. The molecule has 0 spiro atoms. The SMILES string of the molecule is COC[C@@H]1SCC[C@@H]1OC(=O)N[C@@H](Cc1ccccc1)[C@H](O)CN1C[C@H]2CCCC[C@H]2C[C@H]1C(=O)NC(C)(C)C. The van der Waals surface area contributed by atoms with Gasteiger partial charge in [0.15, 0.2) is 0 Å². The summed E-state index contributed by atoms with van der Waals surface area (Å²) in [5.41, 5.74) is 0.694. The summed E-state index contributed by atoms with van der Waals surface area (Å²) in [4.78, 5) is 28.7. The molecule has 40 heavy (non-hydrogen) atoms. The van der Waals surface area contributed by atoms with Crippen LogP contribution in [0.1, 0.15) is 64.9 Å². The van der Waals surface area contributed by atoms with E-state index in [1.54, 1.807) is 18.9 Å². The Balaban J connectivity index is 1.47. The summed E-state index contributed by atoms with van der Waals surface area (Å²) >= 11 is 1.76. The third kappa shape index (κ3) is 8.84. The molecule has 0 bridgehead atoms. The van der Waals surface area contributed by atoms with E-state index in [1.807, 2.05) is 51.1 Å². The molecule has 3 fully saturated rings. The Labute approximate surface area is 244 Å². The van der Waals surface area contributed by atoms with Gasteiger partial charge in [-0.15, -0.1) is 0 Å². The second kappa shape index (κ2) is 14.4. The molecule has 3 N–H and O–H groups in total. The maximum absolute atomic E-state index is 13.5. The van der Waals surface area contributed by atoms with Gasteiger partial charge in [0.1, 0.15) is 6.10 Å². The summed E-state index contributed by atoms with van der Waals surface area (Å²) in [5, 5.41) is 17.9. The van der Waals surface area contributed by atoms with Crippen molar-refractivity contribution in [3.8, 4) is 0 Å². The molecule has 1 aromatic rings. The fourth-order valence-corrected chi connectivity index (χ4v) is 7.86. The van der Waals surface area contributed by atoms with Gasteiger partial charge in [0.05, 0.1) is 30.0 Å². The number of β-amino-alcohol motifs (C(OH)–C–C–N with tert-alkyl or cyclic N) is 1. The number of carbonyl (C=O) groups is 2. The van der Waals surface area contributed by atoms with Crippen LogP contribution in [0.15, 0.2) is 30.3 Å². The molecule has 4 rings (SSSR count). The van der Waals surface area contributed by atoms with E-state index in [9.17, 15) is 14.7 Å². The van der Waals surface area contributed by atoms with E-state index in [2.05, 4.69) is 15.5 Å². The van der Waals surface area contributed by atoms with Gasteiger partial charge in [-0.05, 0) is 69.6 Å². The van der Waals surface area contributed by atoms with Crippen LogP contribution in [0.2, 0.25) is 0 Å². The number of aliphatic hydroxyl groups excluding tert-OH is 1. The lowest BCUT2D eigenvalue weighted by atomic mass is 9.72. The Morgan fingerprint density at radius 2 is 1.85 bits per heavy atom.